The molecular formula is C13H27ClN2O3. The average molecular weight is 295 g/mol. The highest BCUT2D eigenvalue weighted by molar-refractivity contribution is 5.85. The zero-order chi connectivity index (χ0) is 13.4. The molecule has 1 saturated heterocycles. The van der Waals surface area contributed by atoms with Crippen molar-refractivity contribution >= 4 is 18.3 Å². The van der Waals surface area contributed by atoms with Crippen molar-refractivity contribution in [2.75, 3.05) is 40.0 Å². The molecule has 1 heterocycles. The van der Waals surface area contributed by atoms with Gasteiger partial charge in [-0.25, -0.2) is 0 Å². The maximum atomic E-state index is 12.0. The van der Waals surface area contributed by atoms with Crippen molar-refractivity contribution in [2.45, 2.75) is 32.2 Å². The van der Waals surface area contributed by atoms with Crippen LogP contribution in [-0.2, 0) is 14.3 Å². The molecule has 0 spiro atoms. The molecule has 1 fully saturated rings. The Bertz CT molecular complexity index is 252. The molecule has 1 amide bonds. The number of carbonyl (C=O) groups is 1. The highest BCUT2D eigenvalue weighted by Gasteiger charge is 2.25. The number of hydrogen-bond donors (Lipinski definition) is 1. The van der Waals surface area contributed by atoms with E-state index in [-0.39, 0.29) is 24.4 Å². The van der Waals surface area contributed by atoms with E-state index in [1.807, 2.05) is 11.8 Å². The fraction of sp³-hybridized carbons (Fsp3) is 0.923. The second-order valence-corrected chi connectivity index (χ2v) is 4.96. The predicted molar refractivity (Wildman–Crippen MR) is 77.5 cm³/mol. The van der Waals surface area contributed by atoms with E-state index in [9.17, 15) is 4.79 Å². The van der Waals surface area contributed by atoms with Gasteiger partial charge in [-0.15, -0.1) is 12.4 Å². The van der Waals surface area contributed by atoms with Crippen molar-refractivity contribution in [2.24, 2.45) is 11.7 Å². The topological polar surface area (TPSA) is 64.8 Å². The summed E-state index contributed by atoms with van der Waals surface area (Å²) in [6, 6.07) is 0.165. The van der Waals surface area contributed by atoms with Gasteiger partial charge in [-0.3, -0.25) is 4.79 Å². The number of nitrogens with zero attached hydrogens (tertiary/aromatic N) is 1. The van der Waals surface area contributed by atoms with Crippen LogP contribution >= 0.6 is 12.4 Å². The third kappa shape index (κ3) is 7.11. The molecule has 1 aliphatic rings. The quantitative estimate of drug-likeness (QED) is 0.713. The largest absolute Gasteiger partial charge is 0.382 e. The fourth-order valence-corrected chi connectivity index (χ4v) is 2.23. The van der Waals surface area contributed by atoms with E-state index in [1.165, 1.54) is 0 Å². The Labute approximate surface area is 122 Å². The Morgan fingerprint density at radius 2 is 2.16 bits per heavy atom. The van der Waals surface area contributed by atoms with Gasteiger partial charge < -0.3 is 20.1 Å². The van der Waals surface area contributed by atoms with Crippen molar-refractivity contribution in [3.8, 4) is 0 Å². The summed E-state index contributed by atoms with van der Waals surface area (Å²) in [5.41, 5.74) is 5.91. The van der Waals surface area contributed by atoms with Gasteiger partial charge in [0.25, 0.3) is 0 Å². The number of rotatable bonds is 7. The summed E-state index contributed by atoms with van der Waals surface area (Å²) in [7, 11) is 1.64. The third-order valence-electron chi connectivity index (χ3n) is 3.45. The summed E-state index contributed by atoms with van der Waals surface area (Å²) in [5.74, 6) is 0.620. The van der Waals surface area contributed by atoms with E-state index >= 15 is 0 Å². The summed E-state index contributed by atoms with van der Waals surface area (Å²) in [6.07, 6.45) is 2.64. The second-order valence-electron chi connectivity index (χ2n) is 4.96. The normalized spacial score (nSPS) is 20.8. The monoisotopic (exact) mass is 294 g/mol. The summed E-state index contributed by atoms with van der Waals surface area (Å²) in [6.45, 7) is 5.28. The second kappa shape index (κ2) is 10.4. The van der Waals surface area contributed by atoms with Crippen LogP contribution in [0, 0.1) is 5.92 Å². The molecule has 0 aromatic carbocycles. The SMILES string of the molecule is COCCOCCC(=O)N1CCCC(C(C)N)C1.Cl. The minimum Gasteiger partial charge on any atom is -0.382 e. The molecule has 2 atom stereocenters. The average Bonchev–Trinajstić information content (AvgIpc) is 2.38. The summed E-state index contributed by atoms with van der Waals surface area (Å²) >= 11 is 0. The van der Waals surface area contributed by atoms with Crippen LogP contribution in [0.5, 0.6) is 0 Å². The minimum absolute atomic E-state index is 0. The van der Waals surface area contributed by atoms with E-state index < -0.39 is 0 Å². The fourth-order valence-electron chi connectivity index (χ4n) is 2.23. The van der Waals surface area contributed by atoms with E-state index in [2.05, 4.69) is 0 Å². The van der Waals surface area contributed by atoms with Crippen LogP contribution < -0.4 is 5.73 Å². The van der Waals surface area contributed by atoms with Crippen molar-refractivity contribution in [3.63, 3.8) is 0 Å². The van der Waals surface area contributed by atoms with Crippen LogP contribution in [0.15, 0.2) is 0 Å². The van der Waals surface area contributed by atoms with Crippen LogP contribution in [0.2, 0.25) is 0 Å². The van der Waals surface area contributed by atoms with Crippen LogP contribution in [-0.4, -0.2) is 56.9 Å². The highest BCUT2D eigenvalue weighted by Crippen LogP contribution is 2.19. The summed E-state index contributed by atoms with van der Waals surface area (Å²) in [4.78, 5) is 13.9. The van der Waals surface area contributed by atoms with Gasteiger partial charge in [-0.1, -0.05) is 0 Å². The number of likely N-dealkylation sites (tertiary alicyclic amines) is 1. The van der Waals surface area contributed by atoms with Gasteiger partial charge in [0.1, 0.15) is 0 Å². The smallest absolute Gasteiger partial charge is 0.224 e. The maximum absolute atomic E-state index is 12.0. The summed E-state index contributed by atoms with van der Waals surface area (Å²) in [5, 5.41) is 0. The molecule has 1 aliphatic heterocycles. The van der Waals surface area contributed by atoms with Crippen LogP contribution in [0.25, 0.3) is 0 Å². The number of ether oxygens (including phenoxy) is 2. The van der Waals surface area contributed by atoms with E-state index in [1.54, 1.807) is 7.11 Å². The zero-order valence-electron chi connectivity index (χ0n) is 12.0. The van der Waals surface area contributed by atoms with Crippen LogP contribution in [0.4, 0.5) is 0 Å². The molecule has 6 heteroatoms. The molecule has 0 aliphatic carbocycles. The standard InChI is InChI=1S/C13H26N2O3.ClH/c1-11(14)12-4-3-6-15(10-12)13(16)5-7-18-9-8-17-2;/h11-12H,3-10,14H2,1-2H3;1H. The van der Waals surface area contributed by atoms with E-state index in [4.69, 9.17) is 15.2 Å². The van der Waals surface area contributed by atoms with Gasteiger partial charge >= 0.3 is 0 Å². The van der Waals surface area contributed by atoms with Crippen LogP contribution in [0.1, 0.15) is 26.2 Å². The molecule has 0 bridgehead atoms. The van der Waals surface area contributed by atoms with Gasteiger partial charge in [0, 0.05) is 26.2 Å². The van der Waals surface area contributed by atoms with Crippen LogP contribution in [0.3, 0.4) is 0 Å². The van der Waals surface area contributed by atoms with Crippen molar-refractivity contribution in [1.82, 2.24) is 4.90 Å². The van der Waals surface area contributed by atoms with Gasteiger partial charge in [-0.05, 0) is 25.7 Å². The van der Waals surface area contributed by atoms with Gasteiger partial charge in [0.15, 0.2) is 0 Å². The molecular weight excluding hydrogens is 268 g/mol. The molecule has 0 aromatic heterocycles. The Balaban J connectivity index is 0.00000324. The molecule has 2 unspecified atom stereocenters. The molecule has 0 saturated carbocycles. The number of amides is 1. The Morgan fingerprint density at radius 3 is 2.79 bits per heavy atom. The number of halogens is 1. The van der Waals surface area contributed by atoms with Crippen molar-refractivity contribution in [3.05, 3.63) is 0 Å². The lowest BCUT2D eigenvalue weighted by Crippen LogP contribution is -2.45. The number of methoxy groups -OCH3 is 1. The minimum atomic E-state index is 0. The summed E-state index contributed by atoms with van der Waals surface area (Å²) < 4.78 is 10.2. The molecule has 0 aromatic rings. The molecule has 19 heavy (non-hydrogen) atoms. The molecule has 2 N–H and O–H groups in total. The van der Waals surface area contributed by atoms with E-state index in [0.29, 0.717) is 32.2 Å². The van der Waals surface area contributed by atoms with E-state index in [0.717, 1.165) is 25.9 Å². The number of carbonyl (C=O) groups excluding carboxylic acids is 1. The first-order valence-corrected chi connectivity index (χ1v) is 6.75. The first-order valence-electron chi connectivity index (χ1n) is 6.75. The maximum Gasteiger partial charge on any atom is 0.224 e. The molecule has 5 nitrogen and oxygen atoms in total. The molecule has 114 valence electrons. The number of nitrogens with two attached hydrogens (primary N) is 1. The third-order valence-corrected chi connectivity index (χ3v) is 3.45. The Kier molecular flexibility index (Phi) is 10.2. The Morgan fingerprint density at radius 1 is 1.42 bits per heavy atom. The van der Waals surface area contributed by atoms with Crippen molar-refractivity contribution < 1.29 is 14.3 Å². The lowest BCUT2D eigenvalue weighted by molar-refractivity contribution is -0.134. The number of hydrogen-bond acceptors (Lipinski definition) is 4. The number of piperidine rings is 1. The predicted octanol–water partition coefficient (Wildman–Crippen LogP) is 1.05. The zero-order valence-corrected chi connectivity index (χ0v) is 12.8. The van der Waals surface area contributed by atoms with Crippen molar-refractivity contribution in [1.29, 1.82) is 0 Å². The first-order chi connectivity index (χ1) is 8.65. The van der Waals surface area contributed by atoms with Gasteiger partial charge in [-0.2, -0.15) is 0 Å². The highest BCUT2D eigenvalue weighted by atomic mass is 35.5. The van der Waals surface area contributed by atoms with Gasteiger partial charge in [0.2, 0.25) is 5.91 Å². The lowest BCUT2D eigenvalue weighted by atomic mass is 9.92. The molecule has 1 rings (SSSR count). The lowest BCUT2D eigenvalue weighted by Gasteiger charge is -2.34. The molecule has 0 radical (unpaired) electrons. The Hall–Kier alpha value is -0.360. The van der Waals surface area contributed by atoms with Gasteiger partial charge in [0.05, 0.1) is 26.2 Å². The first kappa shape index (κ1) is 18.6.